The summed E-state index contributed by atoms with van der Waals surface area (Å²) in [6, 6.07) is 5.15. The molecule has 8 heteroatoms. The number of benzene rings is 1. The second-order valence-electron chi connectivity index (χ2n) is 4.30. The smallest absolute Gasteiger partial charge is 0.314 e. The molecule has 0 radical (unpaired) electrons. The summed E-state index contributed by atoms with van der Waals surface area (Å²) in [5.74, 6) is 0.621. The monoisotopic (exact) mass is 394 g/mol. The Balaban J connectivity index is 2.04. The van der Waals surface area contributed by atoms with Crippen LogP contribution in [0, 0.1) is 0 Å². The highest BCUT2D eigenvalue weighted by atomic mass is 79.9. The van der Waals surface area contributed by atoms with Gasteiger partial charge in [0, 0.05) is 17.6 Å². The maximum absolute atomic E-state index is 11.4. The highest BCUT2D eigenvalue weighted by Crippen LogP contribution is 2.27. The van der Waals surface area contributed by atoms with Crippen molar-refractivity contribution >= 4 is 33.6 Å². The summed E-state index contributed by atoms with van der Waals surface area (Å²) in [5, 5.41) is 14.4. The molecule has 0 aliphatic rings. The zero-order valence-corrected chi connectivity index (χ0v) is 14.5. The van der Waals surface area contributed by atoms with E-state index in [9.17, 15) is 4.79 Å². The van der Waals surface area contributed by atoms with Crippen molar-refractivity contribution in [2.75, 3.05) is 39.5 Å². The summed E-state index contributed by atoms with van der Waals surface area (Å²) in [4.78, 5) is 11.4. The van der Waals surface area contributed by atoms with Crippen molar-refractivity contribution in [3.63, 3.8) is 0 Å². The van der Waals surface area contributed by atoms with Crippen molar-refractivity contribution in [2.45, 2.75) is 6.42 Å². The Morgan fingerprint density at radius 2 is 2.00 bits per heavy atom. The van der Waals surface area contributed by atoms with Crippen LogP contribution in [0.3, 0.4) is 0 Å². The van der Waals surface area contributed by atoms with Gasteiger partial charge in [-0.15, -0.1) is 0 Å². The zero-order valence-electron chi connectivity index (χ0n) is 12.1. The fraction of sp³-hybridized carbons (Fsp3) is 0.500. The fourth-order valence-electron chi connectivity index (χ4n) is 1.51. The topological polar surface area (TPSA) is 79.8 Å². The van der Waals surface area contributed by atoms with E-state index in [-0.39, 0.29) is 19.2 Å². The standard InChI is InChI=1S/C14H20BrClN2O4/c15-11-2-3-13(12(16)10-11)22-7-1-4-17-14(20)18-5-8-21-9-6-19/h2-3,10,19H,1,4-9H2,(H2,17,18,20). The maximum Gasteiger partial charge on any atom is 0.314 e. The number of carbonyl (C=O) groups is 1. The van der Waals surface area contributed by atoms with Gasteiger partial charge in [-0.2, -0.15) is 0 Å². The number of amides is 2. The molecule has 0 saturated carbocycles. The first-order valence-corrected chi connectivity index (χ1v) is 8.08. The number of hydrogen-bond acceptors (Lipinski definition) is 4. The van der Waals surface area contributed by atoms with Gasteiger partial charge >= 0.3 is 6.03 Å². The van der Waals surface area contributed by atoms with Crippen LogP contribution in [-0.2, 0) is 4.74 Å². The lowest BCUT2D eigenvalue weighted by molar-refractivity contribution is 0.0947. The molecule has 22 heavy (non-hydrogen) atoms. The van der Waals surface area contributed by atoms with E-state index in [2.05, 4.69) is 26.6 Å². The molecule has 1 aromatic rings. The molecule has 0 aromatic heterocycles. The van der Waals surface area contributed by atoms with Crippen LogP contribution < -0.4 is 15.4 Å². The third-order valence-corrected chi connectivity index (χ3v) is 3.31. The van der Waals surface area contributed by atoms with Crippen molar-refractivity contribution in [1.29, 1.82) is 0 Å². The second kappa shape index (κ2) is 11.5. The molecule has 0 unspecified atom stereocenters. The quantitative estimate of drug-likeness (QED) is 0.531. The summed E-state index contributed by atoms with van der Waals surface area (Å²) >= 11 is 9.35. The molecule has 2 amide bonds. The SMILES string of the molecule is O=C(NCCCOc1ccc(Br)cc1Cl)NCCOCCO. The molecule has 0 spiro atoms. The predicted octanol–water partition coefficient (Wildman–Crippen LogP) is 2.18. The van der Waals surface area contributed by atoms with E-state index in [0.717, 1.165) is 4.47 Å². The number of aliphatic hydroxyl groups is 1. The average Bonchev–Trinajstić information content (AvgIpc) is 2.48. The van der Waals surface area contributed by atoms with Gasteiger partial charge in [-0.1, -0.05) is 27.5 Å². The number of nitrogens with one attached hydrogen (secondary N) is 2. The fourth-order valence-corrected chi connectivity index (χ4v) is 2.24. The van der Waals surface area contributed by atoms with E-state index >= 15 is 0 Å². The zero-order chi connectivity index (χ0) is 16.2. The molecular formula is C14H20BrClN2O4. The number of carbonyl (C=O) groups excluding carboxylic acids is 1. The molecule has 1 rings (SSSR count). The summed E-state index contributed by atoms with van der Waals surface area (Å²) in [7, 11) is 0. The summed E-state index contributed by atoms with van der Waals surface area (Å²) in [5.41, 5.74) is 0. The summed E-state index contributed by atoms with van der Waals surface area (Å²) in [6.45, 7) is 1.99. The normalized spacial score (nSPS) is 10.3. The van der Waals surface area contributed by atoms with Crippen molar-refractivity contribution in [3.05, 3.63) is 27.7 Å². The minimum atomic E-state index is -0.255. The van der Waals surface area contributed by atoms with Gasteiger partial charge in [-0.3, -0.25) is 0 Å². The molecule has 0 saturated heterocycles. The van der Waals surface area contributed by atoms with Crippen LogP contribution in [-0.4, -0.2) is 50.7 Å². The van der Waals surface area contributed by atoms with Gasteiger partial charge < -0.3 is 25.2 Å². The third-order valence-electron chi connectivity index (χ3n) is 2.53. The van der Waals surface area contributed by atoms with Gasteiger partial charge in [0.1, 0.15) is 5.75 Å². The van der Waals surface area contributed by atoms with Crippen LogP contribution in [0.5, 0.6) is 5.75 Å². The first-order chi connectivity index (χ1) is 10.6. The van der Waals surface area contributed by atoms with Crippen LogP contribution in [0.15, 0.2) is 22.7 Å². The maximum atomic E-state index is 11.4. The lowest BCUT2D eigenvalue weighted by Gasteiger charge is -2.10. The number of urea groups is 1. The minimum absolute atomic E-state index is 0.0193. The molecule has 3 N–H and O–H groups in total. The lowest BCUT2D eigenvalue weighted by atomic mass is 10.3. The molecule has 124 valence electrons. The van der Waals surface area contributed by atoms with Crippen molar-refractivity contribution in [2.24, 2.45) is 0 Å². The molecule has 0 aliphatic carbocycles. The second-order valence-corrected chi connectivity index (χ2v) is 5.62. The number of hydrogen-bond donors (Lipinski definition) is 3. The van der Waals surface area contributed by atoms with E-state index in [1.807, 2.05) is 6.07 Å². The van der Waals surface area contributed by atoms with Crippen molar-refractivity contribution in [3.8, 4) is 5.75 Å². The molecule has 0 atom stereocenters. The van der Waals surface area contributed by atoms with Gasteiger partial charge in [0.2, 0.25) is 0 Å². The molecule has 0 heterocycles. The van der Waals surface area contributed by atoms with E-state index in [1.54, 1.807) is 12.1 Å². The Labute approximate surface area is 143 Å². The molecular weight excluding hydrogens is 376 g/mol. The van der Waals surface area contributed by atoms with Gasteiger partial charge in [0.05, 0.1) is 31.5 Å². The van der Waals surface area contributed by atoms with Crippen LogP contribution in [0.2, 0.25) is 5.02 Å². The van der Waals surface area contributed by atoms with Crippen molar-refractivity contribution < 1.29 is 19.4 Å². The van der Waals surface area contributed by atoms with E-state index in [4.69, 9.17) is 26.2 Å². The van der Waals surface area contributed by atoms with Crippen LogP contribution in [0.25, 0.3) is 0 Å². The van der Waals surface area contributed by atoms with Gasteiger partial charge in [-0.25, -0.2) is 4.79 Å². The van der Waals surface area contributed by atoms with E-state index in [1.165, 1.54) is 0 Å². The average molecular weight is 396 g/mol. The van der Waals surface area contributed by atoms with E-state index < -0.39 is 0 Å². The van der Waals surface area contributed by atoms with E-state index in [0.29, 0.717) is 43.5 Å². The van der Waals surface area contributed by atoms with Crippen LogP contribution in [0.1, 0.15) is 6.42 Å². The Hall–Kier alpha value is -1.02. The predicted molar refractivity (Wildman–Crippen MR) is 88.6 cm³/mol. The van der Waals surface area contributed by atoms with Gasteiger partial charge in [0.25, 0.3) is 0 Å². The Morgan fingerprint density at radius 1 is 1.23 bits per heavy atom. The number of aliphatic hydroxyl groups excluding tert-OH is 1. The first kappa shape index (κ1) is 19.0. The molecule has 0 bridgehead atoms. The number of rotatable bonds is 10. The summed E-state index contributed by atoms with van der Waals surface area (Å²) < 4.78 is 11.4. The number of halogens is 2. The largest absolute Gasteiger partial charge is 0.492 e. The highest BCUT2D eigenvalue weighted by molar-refractivity contribution is 9.10. The molecule has 0 aliphatic heterocycles. The first-order valence-electron chi connectivity index (χ1n) is 6.91. The van der Waals surface area contributed by atoms with Crippen molar-refractivity contribution in [1.82, 2.24) is 10.6 Å². The molecule has 0 fully saturated rings. The summed E-state index contributed by atoms with van der Waals surface area (Å²) in [6.07, 6.45) is 0.667. The molecule has 1 aromatic carbocycles. The Kier molecular flexibility index (Phi) is 9.98. The van der Waals surface area contributed by atoms with Crippen LogP contribution >= 0.6 is 27.5 Å². The van der Waals surface area contributed by atoms with Gasteiger partial charge in [-0.05, 0) is 24.6 Å². The van der Waals surface area contributed by atoms with Crippen LogP contribution in [0.4, 0.5) is 4.79 Å². The Bertz CT molecular complexity index is 462. The number of ether oxygens (including phenoxy) is 2. The Morgan fingerprint density at radius 3 is 2.73 bits per heavy atom. The van der Waals surface area contributed by atoms with Gasteiger partial charge in [0.15, 0.2) is 0 Å². The third kappa shape index (κ3) is 8.43. The molecule has 6 nitrogen and oxygen atoms in total. The minimum Gasteiger partial charge on any atom is -0.492 e. The highest BCUT2D eigenvalue weighted by Gasteiger charge is 2.02. The lowest BCUT2D eigenvalue weighted by Crippen LogP contribution is -2.38.